The van der Waals surface area contributed by atoms with E-state index in [4.69, 9.17) is 14.6 Å². The van der Waals surface area contributed by atoms with Gasteiger partial charge < -0.3 is 19.9 Å². The van der Waals surface area contributed by atoms with Gasteiger partial charge in [0.05, 0.1) is 25.2 Å². The van der Waals surface area contributed by atoms with Crippen LogP contribution in [0.5, 0.6) is 5.75 Å². The third-order valence-corrected chi connectivity index (χ3v) is 5.01. The maximum Gasteiger partial charge on any atom is 0.305 e. The van der Waals surface area contributed by atoms with Crippen molar-refractivity contribution in [1.29, 1.82) is 0 Å². The Hall–Kier alpha value is -2.45. The summed E-state index contributed by atoms with van der Waals surface area (Å²) in [5.74, 6) is -0.572. The number of aromatic nitrogens is 1. The normalized spacial score (nSPS) is 19.3. The summed E-state index contributed by atoms with van der Waals surface area (Å²) in [4.78, 5) is 28.0. The first kappa shape index (κ1) is 18.3. The number of carboxylic acids is 1. The zero-order valence-corrected chi connectivity index (χ0v) is 15.2. The maximum atomic E-state index is 12.5. The fourth-order valence-corrected chi connectivity index (χ4v) is 3.66. The molecule has 1 aromatic carbocycles. The van der Waals surface area contributed by atoms with Gasteiger partial charge in [-0.15, -0.1) is 11.3 Å². The van der Waals surface area contributed by atoms with E-state index in [1.807, 2.05) is 31.2 Å². The predicted molar refractivity (Wildman–Crippen MR) is 96.6 cm³/mol. The van der Waals surface area contributed by atoms with Crippen LogP contribution in [0.2, 0.25) is 0 Å². The molecule has 2 N–H and O–H groups in total. The Balaban J connectivity index is 1.72. The topological polar surface area (TPSA) is 97.8 Å². The van der Waals surface area contributed by atoms with E-state index in [-0.39, 0.29) is 24.6 Å². The Kier molecular flexibility index (Phi) is 5.53. The molecule has 8 heteroatoms. The third-order valence-electron chi connectivity index (χ3n) is 4.12. The average Bonchev–Trinajstić information content (AvgIpc) is 3.25. The zero-order valence-electron chi connectivity index (χ0n) is 14.4. The van der Waals surface area contributed by atoms with Crippen LogP contribution in [0.1, 0.15) is 30.3 Å². The van der Waals surface area contributed by atoms with Gasteiger partial charge in [0.2, 0.25) is 0 Å². The molecule has 1 atom stereocenters. The van der Waals surface area contributed by atoms with Crippen molar-refractivity contribution < 1.29 is 24.2 Å². The monoisotopic (exact) mass is 376 g/mol. The van der Waals surface area contributed by atoms with E-state index in [0.717, 1.165) is 11.3 Å². The third kappa shape index (κ3) is 4.20. The summed E-state index contributed by atoms with van der Waals surface area (Å²) in [6.07, 6.45) is 0.301. The first-order valence-corrected chi connectivity index (χ1v) is 9.20. The van der Waals surface area contributed by atoms with Crippen molar-refractivity contribution in [2.45, 2.75) is 25.3 Å². The highest BCUT2D eigenvalue weighted by molar-refractivity contribution is 7.13. The van der Waals surface area contributed by atoms with Gasteiger partial charge in [-0.3, -0.25) is 9.59 Å². The lowest BCUT2D eigenvalue weighted by Crippen LogP contribution is -2.50. The molecule has 138 valence electrons. The fraction of sp³-hybridized carbons (Fsp3) is 0.389. The molecule has 1 fully saturated rings. The van der Waals surface area contributed by atoms with Crippen molar-refractivity contribution in [2.24, 2.45) is 0 Å². The Morgan fingerprint density at radius 3 is 2.77 bits per heavy atom. The highest BCUT2D eigenvalue weighted by atomic mass is 32.1. The number of carbonyl (C=O) groups is 2. The van der Waals surface area contributed by atoms with E-state index in [1.165, 1.54) is 11.3 Å². The van der Waals surface area contributed by atoms with Gasteiger partial charge in [-0.2, -0.15) is 0 Å². The van der Waals surface area contributed by atoms with Crippen LogP contribution in [0.25, 0.3) is 10.6 Å². The van der Waals surface area contributed by atoms with Crippen LogP contribution in [0.3, 0.4) is 0 Å². The number of aliphatic carboxylic acids is 1. The number of rotatable bonds is 7. The van der Waals surface area contributed by atoms with Crippen molar-refractivity contribution in [1.82, 2.24) is 10.3 Å². The number of carboxylic acid groups (broad SMARTS) is 1. The standard InChI is InChI=1S/C18H20N2O5S/c1-2-25-13-5-3-12(4-6-13)17-19-14(10-26-17)16(23)20-18(9-15(21)22)7-8-24-11-18/h3-6,10H,2,7-9,11H2,1H3,(H,20,23)(H,21,22). The molecule has 0 bridgehead atoms. The minimum Gasteiger partial charge on any atom is -0.494 e. The van der Waals surface area contributed by atoms with Gasteiger partial charge >= 0.3 is 5.97 Å². The minimum atomic E-state index is -0.968. The molecule has 1 saturated heterocycles. The molecule has 1 aromatic heterocycles. The van der Waals surface area contributed by atoms with E-state index in [9.17, 15) is 9.59 Å². The van der Waals surface area contributed by atoms with Crippen molar-refractivity contribution in [2.75, 3.05) is 19.8 Å². The van der Waals surface area contributed by atoms with Gasteiger partial charge in [0.15, 0.2) is 0 Å². The molecule has 0 aliphatic carbocycles. The summed E-state index contributed by atoms with van der Waals surface area (Å²) in [5, 5.41) is 14.3. The first-order chi connectivity index (χ1) is 12.5. The Morgan fingerprint density at radius 1 is 1.38 bits per heavy atom. The number of thiazole rings is 1. The van der Waals surface area contributed by atoms with E-state index in [0.29, 0.717) is 24.6 Å². The van der Waals surface area contributed by atoms with Crippen LogP contribution in [-0.4, -0.2) is 47.3 Å². The molecule has 1 aliphatic rings. The molecular formula is C18H20N2O5S. The van der Waals surface area contributed by atoms with E-state index in [1.54, 1.807) is 5.38 Å². The SMILES string of the molecule is CCOc1ccc(-c2nc(C(=O)NC3(CC(=O)O)CCOC3)cs2)cc1. The molecule has 2 aromatic rings. The quantitative estimate of drug-likeness (QED) is 0.771. The number of hydrogen-bond acceptors (Lipinski definition) is 6. The van der Waals surface area contributed by atoms with Crippen LogP contribution in [-0.2, 0) is 9.53 Å². The largest absolute Gasteiger partial charge is 0.494 e. The van der Waals surface area contributed by atoms with Gasteiger partial charge in [-0.25, -0.2) is 4.98 Å². The van der Waals surface area contributed by atoms with Gasteiger partial charge in [-0.05, 0) is 37.6 Å². The second kappa shape index (κ2) is 7.84. The lowest BCUT2D eigenvalue weighted by molar-refractivity contribution is -0.138. The molecule has 1 unspecified atom stereocenters. The summed E-state index contributed by atoms with van der Waals surface area (Å²) in [6, 6.07) is 7.50. The van der Waals surface area contributed by atoms with Crippen molar-refractivity contribution >= 4 is 23.2 Å². The predicted octanol–water partition coefficient (Wildman–Crippen LogP) is 2.57. The molecule has 1 amide bonds. The number of amides is 1. The number of ether oxygens (including phenoxy) is 2. The van der Waals surface area contributed by atoms with Crippen LogP contribution in [0.15, 0.2) is 29.6 Å². The van der Waals surface area contributed by atoms with E-state index < -0.39 is 11.5 Å². The number of nitrogens with one attached hydrogen (secondary N) is 1. The van der Waals surface area contributed by atoms with E-state index >= 15 is 0 Å². The van der Waals surface area contributed by atoms with Gasteiger partial charge in [0.25, 0.3) is 5.91 Å². The highest BCUT2D eigenvalue weighted by Gasteiger charge is 2.39. The Morgan fingerprint density at radius 2 is 2.15 bits per heavy atom. The molecule has 0 saturated carbocycles. The first-order valence-electron chi connectivity index (χ1n) is 8.32. The summed E-state index contributed by atoms with van der Waals surface area (Å²) in [6.45, 7) is 3.15. The lowest BCUT2D eigenvalue weighted by Gasteiger charge is -2.26. The van der Waals surface area contributed by atoms with Crippen LogP contribution >= 0.6 is 11.3 Å². The molecular weight excluding hydrogens is 356 g/mol. The molecule has 0 spiro atoms. The zero-order chi connectivity index (χ0) is 18.6. The maximum absolute atomic E-state index is 12.5. The van der Waals surface area contributed by atoms with Crippen molar-refractivity contribution in [3.05, 3.63) is 35.3 Å². The van der Waals surface area contributed by atoms with Gasteiger partial charge in [0.1, 0.15) is 16.5 Å². The number of benzene rings is 1. The number of nitrogens with zero attached hydrogens (tertiary/aromatic N) is 1. The summed E-state index contributed by atoms with van der Waals surface area (Å²) in [7, 11) is 0. The summed E-state index contributed by atoms with van der Waals surface area (Å²) in [5.41, 5.74) is 0.295. The smallest absolute Gasteiger partial charge is 0.305 e. The minimum absolute atomic E-state index is 0.172. The fourth-order valence-electron chi connectivity index (χ4n) is 2.85. The van der Waals surface area contributed by atoms with Crippen LogP contribution in [0.4, 0.5) is 0 Å². The average molecular weight is 376 g/mol. The molecule has 0 radical (unpaired) electrons. The van der Waals surface area contributed by atoms with Crippen molar-refractivity contribution in [3.63, 3.8) is 0 Å². The van der Waals surface area contributed by atoms with E-state index in [2.05, 4.69) is 10.3 Å². The lowest BCUT2D eigenvalue weighted by atomic mass is 9.94. The van der Waals surface area contributed by atoms with Crippen LogP contribution < -0.4 is 10.1 Å². The molecule has 3 rings (SSSR count). The molecule has 26 heavy (non-hydrogen) atoms. The number of carbonyl (C=O) groups excluding carboxylic acids is 1. The second-order valence-electron chi connectivity index (χ2n) is 6.10. The van der Waals surface area contributed by atoms with Crippen molar-refractivity contribution in [3.8, 4) is 16.3 Å². The summed E-state index contributed by atoms with van der Waals surface area (Å²) >= 11 is 1.36. The van der Waals surface area contributed by atoms with Crippen LogP contribution in [0, 0.1) is 0 Å². The highest BCUT2D eigenvalue weighted by Crippen LogP contribution is 2.27. The molecule has 1 aliphatic heterocycles. The Bertz CT molecular complexity index is 781. The molecule has 2 heterocycles. The number of hydrogen-bond donors (Lipinski definition) is 2. The summed E-state index contributed by atoms with van der Waals surface area (Å²) < 4.78 is 10.7. The molecule has 7 nitrogen and oxygen atoms in total. The Labute approximate surface area is 155 Å². The van der Waals surface area contributed by atoms with Gasteiger partial charge in [0, 0.05) is 17.6 Å². The van der Waals surface area contributed by atoms with Gasteiger partial charge in [-0.1, -0.05) is 0 Å². The second-order valence-corrected chi connectivity index (χ2v) is 6.96.